The molecule has 1 atom stereocenters. The summed E-state index contributed by atoms with van der Waals surface area (Å²) in [7, 11) is 0. The molecule has 1 unspecified atom stereocenters. The molecular weight excluding hydrogens is 202 g/mol. The highest BCUT2D eigenvalue weighted by molar-refractivity contribution is 5.69. The Morgan fingerprint density at radius 1 is 1.44 bits per heavy atom. The zero-order valence-electron chi connectivity index (χ0n) is 9.10. The van der Waals surface area contributed by atoms with Gasteiger partial charge in [0.05, 0.1) is 6.61 Å². The average molecular weight is 215 g/mol. The van der Waals surface area contributed by atoms with Crippen molar-refractivity contribution in [1.82, 2.24) is 5.16 Å². The summed E-state index contributed by atoms with van der Waals surface area (Å²) in [5, 5.41) is 13.1. The predicted octanol–water partition coefficient (Wildman–Crippen LogP) is 2.49. The molecule has 3 heteroatoms. The molecule has 1 aromatic heterocycles. The number of benzene rings is 1. The summed E-state index contributed by atoms with van der Waals surface area (Å²) in [6.07, 6.45) is 0.895. The van der Waals surface area contributed by atoms with E-state index in [2.05, 4.69) is 24.2 Å². The third-order valence-electron chi connectivity index (χ3n) is 3.27. The Morgan fingerprint density at radius 3 is 3.06 bits per heavy atom. The van der Waals surface area contributed by atoms with E-state index >= 15 is 0 Å². The zero-order valence-corrected chi connectivity index (χ0v) is 9.10. The molecular formula is C13H13NO2. The van der Waals surface area contributed by atoms with Crippen LogP contribution in [0.4, 0.5) is 0 Å². The summed E-state index contributed by atoms with van der Waals surface area (Å²) < 4.78 is 5.34. The lowest BCUT2D eigenvalue weighted by atomic mass is 9.82. The van der Waals surface area contributed by atoms with Crippen LogP contribution in [0.25, 0.3) is 11.3 Å². The fourth-order valence-corrected chi connectivity index (χ4v) is 2.44. The van der Waals surface area contributed by atoms with Gasteiger partial charge in [0.1, 0.15) is 5.69 Å². The number of nitrogens with zero attached hydrogens (tertiary/aromatic N) is 1. The van der Waals surface area contributed by atoms with Crippen LogP contribution in [0.15, 0.2) is 28.8 Å². The van der Waals surface area contributed by atoms with Gasteiger partial charge in [0.25, 0.3) is 0 Å². The highest BCUT2D eigenvalue weighted by atomic mass is 16.5. The molecule has 16 heavy (non-hydrogen) atoms. The minimum absolute atomic E-state index is 0.0479. The maximum Gasteiger partial charge on any atom is 0.170 e. The highest BCUT2D eigenvalue weighted by Gasteiger charge is 2.27. The predicted molar refractivity (Wildman–Crippen MR) is 60.0 cm³/mol. The normalized spacial score (nSPS) is 18.0. The van der Waals surface area contributed by atoms with Crippen LogP contribution < -0.4 is 0 Å². The first-order valence-electron chi connectivity index (χ1n) is 5.49. The van der Waals surface area contributed by atoms with Gasteiger partial charge in [-0.25, -0.2) is 0 Å². The van der Waals surface area contributed by atoms with Gasteiger partial charge < -0.3 is 9.63 Å². The molecule has 0 aliphatic heterocycles. The number of hydrogen-bond acceptors (Lipinski definition) is 3. The maximum atomic E-state index is 9.19. The lowest BCUT2D eigenvalue weighted by molar-refractivity contribution is 0.266. The third-order valence-corrected chi connectivity index (χ3v) is 3.27. The molecule has 1 aliphatic rings. The van der Waals surface area contributed by atoms with E-state index in [0.29, 0.717) is 11.6 Å². The second-order valence-electron chi connectivity index (χ2n) is 4.29. The van der Waals surface area contributed by atoms with Crippen LogP contribution >= 0.6 is 0 Å². The van der Waals surface area contributed by atoms with E-state index in [1.165, 1.54) is 5.56 Å². The van der Waals surface area contributed by atoms with E-state index in [0.717, 1.165) is 23.3 Å². The number of rotatable bonds is 1. The van der Waals surface area contributed by atoms with Gasteiger partial charge in [-0.05, 0) is 17.9 Å². The molecule has 1 aromatic carbocycles. The van der Waals surface area contributed by atoms with Crippen molar-refractivity contribution in [3.63, 3.8) is 0 Å². The summed E-state index contributed by atoms with van der Waals surface area (Å²) in [5.74, 6) is 1.28. The van der Waals surface area contributed by atoms with Crippen molar-refractivity contribution in [3.05, 3.63) is 41.1 Å². The first-order chi connectivity index (χ1) is 7.81. The second kappa shape index (κ2) is 3.46. The maximum absolute atomic E-state index is 9.19. The van der Waals surface area contributed by atoms with Crippen molar-refractivity contribution in [2.45, 2.75) is 25.9 Å². The molecule has 0 saturated heterocycles. The van der Waals surface area contributed by atoms with Gasteiger partial charge in [0, 0.05) is 11.1 Å². The number of aliphatic hydroxyl groups is 1. The topological polar surface area (TPSA) is 46.3 Å². The Morgan fingerprint density at radius 2 is 2.25 bits per heavy atom. The molecule has 3 rings (SSSR count). The fraction of sp³-hybridized carbons (Fsp3) is 0.308. The monoisotopic (exact) mass is 215 g/mol. The van der Waals surface area contributed by atoms with Crippen LogP contribution in [0.2, 0.25) is 0 Å². The molecule has 0 radical (unpaired) electrons. The minimum atomic E-state index is -0.0479. The Kier molecular flexibility index (Phi) is 2.07. The van der Waals surface area contributed by atoms with E-state index < -0.39 is 0 Å². The molecule has 2 aromatic rings. The van der Waals surface area contributed by atoms with Crippen LogP contribution in [0.1, 0.15) is 29.7 Å². The van der Waals surface area contributed by atoms with Crippen molar-refractivity contribution in [2.24, 2.45) is 0 Å². The molecule has 82 valence electrons. The summed E-state index contributed by atoms with van der Waals surface area (Å²) in [5.41, 5.74) is 4.16. The van der Waals surface area contributed by atoms with Crippen LogP contribution in [0, 0.1) is 0 Å². The Balaban J connectivity index is 2.24. The van der Waals surface area contributed by atoms with Gasteiger partial charge in [-0.1, -0.05) is 36.3 Å². The molecule has 1 aliphatic carbocycles. The van der Waals surface area contributed by atoms with Crippen LogP contribution in [-0.2, 0) is 13.0 Å². The van der Waals surface area contributed by atoms with E-state index in [-0.39, 0.29) is 6.61 Å². The lowest BCUT2D eigenvalue weighted by Crippen LogP contribution is -2.08. The number of aliphatic hydroxyl groups excluding tert-OH is 1. The van der Waals surface area contributed by atoms with Gasteiger partial charge in [0.15, 0.2) is 5.76 Å². The quantitative estimate of drug-likeness (QED) is 0.795. The molecule has 0 fully saturated rings. The van der Waals surface area contributed by atoms with Gasteiger partial charge in [0.2, 0.25) is 0 Å². The number of hydrogen-bond donors (Lipinski definition) is 1. The Hall–Kier alpha value is -1.61. The molecule has 1 heterocycles. The Bertz CT molecular complexity index is 530. The minimum Gasteiger partial charge on any atom is -0.390 e. The van der Waals surface area contributed by atoms with Crippen molar-refractivity contribution in [2.75, 3.05) is 0 Å². The summed E-state index contributed by atoms with van der Waals surface area (Å²) in [4.78, 5) is 0. The SMILES string of the molecule is CC1Cc2c(CO)noc2-c2ccccc21. The summed E-state index contributed by atoms with van der Waals surface area (Å²) >= 11 is 0. The molecule has 0 amide bonds. The number of fused-ring (bicyclic) bond motifs is 3. The second-order valence-corrected chi connectivity index (χ2v) is 4.29. The molecule has 3 nitrogen and oxygen atoms in total. The molecule has 0 bridgehead atoms. The first-order valence-corrected chi connectivity index (χ1v) is 5.49. The van der Waals surface area contributed by atoms with E-state index in [9.17, 15) is 5.11 Å². The number of aromatic nitrogens is 1. The Labute approximate surface area is 93.7 Å². The van der Waals surface area contributed by atoms with Crippen LogP contribution in [-0.4, -0.2) is 10.3 Å². The standard InChI is InChI=1S/C13H13NO2/c1-8-6-11-12(7-15)14-16-13(11)10-5-3-2-4-9(8)10/h2-5,8,15H,6-7H2,1H3. The van der Waals surface area contributed by atoms with Crippen LogP contribution in [0.5, 0.6) is 0 Å². The van der Waals surface area contributed by atoms with Gasteiger partial charge in [-0.3, -0.25) is 0 Å². The largest absolute Gasteiger partial charge is 0.390 e. The van der Waals surface area contributed by atoms with Gasteiger partial charge in [-0.15, -0.1) is 0 Å². The summed E-state index contributed by atoms with van der Waals surface area (Å²) in [6.45, 7) is 2.14. The van der Waals surface area contributed by atoms with E-state index in [1.807, 2.05) is 12.1 Å². The first kappa shape index (κ1) is 9.60. The van der Waals surface area contributed by atoms with Crippen molar-refractivity contribution in [1.29, 1.82) is 0 Å². The summed E-state index contributed by atoms with van der Waals surface area (Å²) in [6, 6.07) is 8.23. The highest BCUT2D eigenvalue weighted by Crippen LogP contribution is 2.40. The van der Waals surface area contributed by atoms with E-state index in [1.54, 1.807) is 0 Å². The zero-order chi connectivity index (χ0) is 11.1. The molecule has 0 saturated carbocycles. The third kappa shape index (κ3) is 1.21. The van der Waals surface area contributed by atoms with Crippen molar-refractivity contribution >= 4 is 0 Å². The molecule has 1 N–H and O–H groups in total. The van der Waals surface area contributed by atoms with Crippen molar-refractivity contribution in [3.8, 4) is 11.3 Å². The van der Waals surface area contributed by atoms with Crippen molar-refractivity contribution < 1.29 is 9.63 Å². The smallest absolute Gasteiger partial charge is 0.170 e. The average Bonchev–Trinajstić information content (AvgIpc) is 2.72. The lowest BCUT2D eigenvalue weighted by Gasteiger charge is -2.20. The van der Waals surface area contributed by atoms with E-state index in [4.69, 9.17) is 4.52 Å². The molecule has 0 spiro atoms. The fourth-order valence-electron chi connectivity index (χ4n) is 2.44. The van der Waals surface area contributed by atoms with Gasteiger partial charge in [-0.2, -0.15) is 0 Å². The van der Waals surface area contributed by atoms with Crippen LogP contribution in [0.3, 0.4) is 0 Å². The van der Waals surface area contributed by atoms with Gasteiger partial charge >= 0.3 is 0 Å².